The molecule has 1 rings (SSSR count). The monoisotopic (exact) mass is 232 g/mol. The molecule has 15 heavy (non-hydrogen) atoms. The van der Waals surface area contributed by atoms with Crippen molar-refractivity contribution in [1.82, 2.24) is 5.32 Å². The van der Waals surface area contributed by atoms with Crippen molar-refractivity contribution in [2.75, 3.05) is 0 Å². The van der Waals surface area contributed by atoms with E-state index < -0.39 is 18.2 Å². The summed E-state index contributed by atoms with van der Waals surface area (Å²) in [6.45, 7) is 0. The average Bonchev–Trinajstić information content (AvgIpc) is 2.08. The third kappa shape index (κ3) is 3.51. The van der Waals surface area contributed by atoms with Gasteiger partial charge in [0.25, 0.3) is 0 Å². The Kier molecular flexibility index (Phi) is 3.56. The van der Waals surface area contributed by atoms with Crippen LogP contribution < -0.4 is 11.1 Å². The first-order valence-electron chi connectivity index (χ1n) is 4.02. The molecule has 1 aliphatic carbocycles. The SMILES string of the molecule is NC(=O)NC1CC(Cl)=CC=C1OC(=O)O. The van der Waals surface area contributed by atoms with Gasteiger partial charge >= 0.3 is 12.2 Å². The second-order valence-corrected chi connectivity index (χ2v) is 3.30. The lowest BCUT2D eigenvalue weighted by Crippen LogP contribution is -2.41. The van der Waals surface area contributed by atoms with Crippen LogP contribution in [0.25, 0.3) is 0 Å². The number of carbonyl (C=O) groups excluding carboxylic acids is 1. The number of allylic oxidation sites excluding steroid dienone is 2. The molecule has 0 aromatic heterocycles. The summed E-state index contributed by atoms with van der Waals surface area (Å²) in [5, 5.41) is 11.2. The maximum Gasteiger partial charge on any atom is 0.511 e. The Balaban J connectivity index is 2.76. The molecule has 6 nitrogen and oxygen atoms in total. The lowest BCUT2D eigenvalue weighted by molar-refractivity contribution is 0.112. The highest BCUT2D eigenvalue weighted by molar-refractivity contribution is 6.29. The number of amides is 2. The van der Waals surface area contributed by atoms with Gasteiger partial charge in [0.05, 0.1) is 6.04 Å². The van der Waals surface area contributed by atoms with Gasteiger partial charge in [-0.05, 0) is 12.2 Å². The molecule has 0 heterocycles. The minimum absolute atomic E-state index is 0.0886. The fourth-order valence-corrected chi connectivity index (χ4v) is 1.37. The van der Waals surface area contributed by atoms with Crippen molar-refractivity contribution < 1.29 is 19.4 Å². The Morgan fingerprint density at radius 3 is 2.80 bits per heavy atom. The summed E-state index contributed by atoms with van der Waals surface area (Å²) in [6, 6.07) is -1.41. The van der Waals surface area contributed by atoms with Crippen LogP contribution in [-0.4, -0.2) is 23.3 Å². The van der Waals surface area contributed by atoms with Crippen molar-refractivity contribution in [3.8, 4) is 0 Å². The summed E-state index contributed by atoms with van der Waals surface area (Å²) in [6.07, 6.45) is 1.67. The van der Waals surface area contributed by atoms with Gasteiger partial charge in [0.1, 0.15) is 5.76 Å². The van der Waals surface area contributed by atoms with Crippen LogP contribution in [0.1, 0.15) is 6.42 Å². The molecule has 2 amide bonds. The largest absolute Gasteiger partial charge is 0.511 e. The Hall–Kier alpha value is -1.69. The molecule has 0 saturated heterocycles. The molecular weight excluding hydrogens is 224 g/mol. The van der Waals surface area contributed by atoms with E-state index in [2.05, 4.69) is 10.1 Å². The molecule has 0 bridgehead atoms. The predicted molar refractivity (Wildman–Crippen MR) is 52.3 cm³/mol. The van der Waals surface area contributed by atoms with Gasteiger partial charge in [-0.2, -0.15) is 0 Å². The quantitative estimate of drug-likeness (QED) is 0.621. The van der Waals surface area contributed by atoms with Gasteiger partial charge in [-0.25, -0.2) is 9.59 Å². The van der Waals surface area contributed by atoms with Crippen LogP contribution in [0.4, 0.5) is 9.59 Å². The van der Waals surface area contributed by atoms with Crippen molar-refractivity contribution in [1.29, 1.82) is 0 Å². The summed E-state index contributed by atoms with van der Waals surface area (Å²) >= 11 is 5.72. The number of urea groups is 1. The van der Waals surface area contributed by atoms with Gasteiger partial charge in [0.2, 0.25) is 0 Å². The molecular formula is C8H9ClN2O4. The molecule has 1 aliphatic rings. The zero-order valence-electron chi connectivity index (χ0n) is 7.57. The summed E-state index contributed by atoms with van der Waals surface area (Å²) in [4.78, 5) is 20.9. The number of halogens is 1. The summed E-state index contributed by atoms with van der Waals surface area (Å²) in [5.74, 6) is 0.0886. The van der Waals surface area contributed by atoms with Crippen LogP contribution >= 0.6 is 11.6 Å². The van der Waals surface area contributed by atoms with Crippen LogP contribution in [0.15, 0.2) is 22.9 Å². The Morgan fingerprint density at radius 1 is 1.60 bits per heavy atom. The molecule has 0 fully saturated rings. The van der Waals surface area contributed by atoms with Crippen LogP contribution in [0.2, 0.25) is 0 Å². The third-order valence-electron chi connectivity index (χ3n) is 1.69. The Bertz CT molecular complexity index is 349. The second-order valence-electron chi connectivity index (χ2n) is 2.82. The van der Waals surface area contributed by atoms with Crippen molar-refractivity contribution in [3.05, 3.63) is 22.9 Å². The molecule has 1 unspecified atom stereocenters. The van der Waals surface area contributed by atoms with E-state index in [1.807, 2.05) is 0 Å². The number of hydrogen-bond acceptors (Lipinski definition) is 3. The molecule has 7 heteroatoms. The fourth-order valence-electron chi connectivity index (χ4n) is 1.15. The van der Waals surface area contributed by atoms with Crippen LogP contribution in [-0.2, 0) is 4.74 Å². The van der Waals surface area contributed by atoms with E-state index in [0.29, 0.717) is 5.03 Å². The van der Waals surface area contributed by atoms with E-state index >= 15 is 0 Å². The van der Waals surface area contributed by atoms with Crippen LogP contribution in [0.5, 0.6) is 0 Å². The molecule has 0 aromatic rings. The summed E-state index contributed by atoms with van der Waals surface area (Å²) < 4.78 is 4.46. The average molecular weight is 233 g/mol. The van der Waals surface area contributed by atoms with Gasteiger partial charge in [-0.15, -0.1) is 0 Å². The minimum Gasteiger partial charge on any atom is -0.449 e. The summed E-state index contributed by atoms with van der Waals surface area (Å²) in [7, 11) is 0. The molecule has 0 aliphatic heterocycles. The number of primary amides is 1. The molecule has 0 spiro atoms. The van der Waals surface area contributed by atoms with Gasteiger partial charge in [-0.3, -0.25) is 0 Å². The van der Waals surface area contributed by atoms with E-state index in [1.54, 1.807) is 0 Å². The lowest BCUT2D eigenvalue weighted by Gasteiger charge is -2.21. The van der Waals surface area contributed by atoms with Gasteiger partial charge in [0, 0.05) is 11.5 Å². The second kappa shape index (κ2) is 4.70. The predicted octanol–water partition coefficient (Wildman–Crippen LogP) is 1.13. The van der Waals surface area contributed by atoms with E-state index in [4.69, 9.17) is 22.4 Å². The van der Waals surface area contributed by atoms with Crippen molar-refractivity contribution in [3.63, 3.8) is 0 Å². The van der Waals surface area contributed by atoms with E-state index in [9.17, 15) is 9.59 Å². The molecule has 0 saturated carbocycles. The number of nitrogens with one attached hydrogen (secondary N) is 1. The van der Waals surface area contributed by atoms with E-state index in [0.717, 1.165) is 0 Å². The molecule has 4 N–H and O–H groups in total. The highest BCUT2D eigenvalue weighted by atomic mass is 35.5. The van der Waals surface area contributed by atoms with Gasteiger partial charge in [0.15, 0.2) is 0 Å². The third-order valence-corrected chi connectivity index (χ3v) is 1.97. The first-order valence-corrected chi connectivity index (χ1v) is 4.40. The fraction of sp³-hybridized carbons (Fsp3) is 0.250. The van der Waals surface area contributed by atoms with E-state index in [1.165, 1.54) is 12.2 Å². The van der Waals surface area contributed by atoms with Crippen molar-refractivity contribution in [2.24, 2.45) is 5.73 Å². The molecule has 1 atom stereocenters. The Morgan fingerprint density at radius 2 is 2.27 bits per heavy atom. The van der Waals surface area contributed by atoms with Crippen LogP contribution in [0.3, 0.4) is 0 Å². The maximum atomic E-state index is 10.6. The smallest absolute Gasteiger partial charge is 0.449 e. The van der Waals surface area contributed by atoms with Crippen LogP contribution in [0, 0.1) is 0 Å². The number of nitrogens with two attached hydrogens (primary N) is 1. The molecule has 0 radical (unpaired) electrons. The highest BCUT2D eigenvalue weighted by Crippen LogP contribution is 2.22. The number of hydrogen-bond donors (Lipinski definition) is 3. The van der Waals surface area contributed by atoms with Gasteiger partial charge in [-0.1, -0.05) is 11.6 Å². The lowest BCUT2D eigenvalue weighted by atomic mass is 10.1. The van der Waals surface area contributed by atoms with E-state index in [-0.39, 0.29) is 12.2 Å². The summed E-state index contributed by atoms with van der Waals surface area (Å²) in [5.41, 5.74) is 4.92. The number of carboxylic acid groups (broad SMARTS) is 1. The number of rotatable bonds is 2. The zero-order valence-corrected chi connectivity index (χ0v) is 8.32. The first-order chi connectivity index (χ1) is 6.99. The topological polar surface area (TPSA) is 102 Å². The van der Waals surface area contributed by atoms with Crippen molar-refractivity contribution >= 4 is 23.8 Å². The minimum atomic E-state index is -1.45. The van der Waals surface area contributed by atoms with Gasteiger partial charge < -0.3 is 20.9 Å². The maximum absolute atomic E-state index is 10.6. The molecule has 82 valence electrons. The molecule has 0 aromatic carbocycles. The van der Waals surface area contributed by atoms with Crippen molar-refractivity contribution in [2.45, 2.75) is 12.5 Å². The number of ether oxygens (including phenoxy) is 1. The Labute approximate surface area is 90.3 Å². The zero-order chi connectivity index (χ0) is 11.4. The highest BCUT2D eigenvalue weighted by Gasteiger charge is 2.23. The standard InChI is InChI=1S/C8H9ClN2O4/c9-4-1-2-6(15-8(13)14)5(3-4)11-7(10)12/h1-2,5H,3H2,(H,13,14)(H3,10,11,12). The normalized spacial score (nSPS) is 19.9. The first kappa shape index (κ1) is 11.4. The number of carbonyl (C=O) groups is 2.